The van der Waals surface area contributed by atoms with Gasteiger partial charge in [0.15, 0.2) is 0 Å². The van der Waals surface area contributed by atoms with E-state index in [9.17, 15) is 14.7 Å². The maximum atomic E-state index is 12.5. The number of nitrogens with zero attached hydrogens (tertiary/aromatic N) is 1. The van der Waals surface area contributed by atoms with Gasteiger partial charge in [0.2, 0.25) is 5.91 Å². The zero-order valence-corrected chi connectivity index (χ0v) is 12.7. The minimum Gasteiger partial charge on any atom is -0.481 e. The van der Waals surface area contributed by atoms with Crippen molar-refractivity contribution in [3.05, 3.63) is 35.9 Å². The number of hydrogen-bond acceptors (Lipinski definition) is 2. The quantitative estimate of drug-likeness (QED) is 0.839. The molecule has 1 N–H and O–H groups in total. The molecule has 0 saturated heterocycles. The van der Waals surface area contributed by atoms with Crippen molar-refractivity contribution in [1.29, 1.82) is 0 Å². The summed E-state index contributed by atoms with van der Waals surface area (Å²) in [6.45, 7) is 4.98. The van der Waals surface area contributed by atoms with Crippen molar-refractivity contribution in [3.8, 4) is 0 Å². The molecule has 114 valence electrons. The number of carbonyl (C=O) groups is 2. The molecule has 1 atom stereocenters. The van der Waals surface area contributed by atoms with Crippen molar-refractivity contribution in [1.82, 2.24) is 4.90 Å². The SMILES string of the molecule is CCN(CC1CC1)C(=O)CC(C)(C(=O)O)c1ccccc1. The summed E-state index contributed by atoms with van der Waals surface area (Å²) < 4.78 is 0. The molecule has 1 aliphatic rings. The van der Waals surface area contributed by atoms with E-state index in [2.05, 4.69) is 0 Å². The predicted octanol–water partition coefficient (Wildman–Crippen LogP) is 2.68. The first-order valence-electron chi connectivity index (χ1n) is 7.54. The van der Waals surface area contributed by atoms with Crippen LogP contribution in [0.1, 0.15) is 38.7 Å². The molecule has 1 unspecified atom stereocenters. The van der Waals surface area contributed by atoms with Gasteiger partial charge in [0, 0.05) is 19.5 Å². The molecule has 0 aliphatic heterocycles. The molecule has 1 fully saturated rings. The highest BCUT2D eigenvalue weighted by molar-refractivity contribution is 5.89. The minimum atomic E-state index is -1.17. The Bertz CT molecular complexity index is 510. The molecular formula is C17H23NO3. The highest BCUT2D eigenvalue weighted by atomic mass is 16.4. The van der Waals surface area contributed by atoms with Crippen molar-refractivity contribution in [3.63, 3.8) is 0 Å². The molecule has 0 heterocycles. The molecule has 0 radical (unpaired) electrons. The average molecular weight is 289 g/mol. The zero-order chi connectivity index (χ0) is 15.5. The molecule has 0 aromatic heterocycles. The minimum absolute atomic E-state index is 0.00685. The number of carboxylic acids is 1. The van der Waals surface area contributed by atoms with Crippen LogP contribution in [0.25, 0.3) is 0 Å². The van der Waals surface area contributed by atoms with E-state index >= 15 is 0 Å². The van der Waals surface area contributed by atoms with Gasteiger partial charge in [-0.1, -0.05) is 30.3 Å². The van der Waals surface area contributed by atoms with E-state index in [1.165, 1.54) is 12.8 Å². The lowest BCUT2D eigenvalue weighted by Gasteiger charge is -2.29. The average Bonchev–Trinajstić information content (AvgIpc) is 3.29. The first kappa shape index (κ1) is 15.5. The van der Waals surface area contributed by atoms with E-state index in [-0.39, 0.29) is 12.3 Å². The Labute approximate surface area is 125 Å². The van der Waals surface area contributed by atoms with Gasteiger partial charge in [-0.25, -0.2) is 0 Å². The van der Waals surface area contributed by atoms with Gasteiger partial charge in [-0.15, -0.1) is 0 Å². The second kappa shape index (κ2) is 6.29. The van der Waals surface area contributed by atoms with Crippen molar-refractivity contribution < 1.29 is 14.7 Å². The summed E-state index contributed by atoms with van der Waals surface area (Å²) in [5.74, 6) is -0.413. The molecule has 4 heteroatoms. The van der Waals surface area contributed by atoms with Crippen LogP contribution in [-0.2, 0) is 15.0 Å². The first-order valence-corrected chi connectivity index (χ1v) is 7.54. The summed E-state index contributed by atoms with van der Waals surface area (Å²) >= 11 is 0. The van der Waals surface area contributed by atoms with Gasteiger partial charge < -0.3 is 10.0 Å². The molecule has 2 rings (SSSR count). The molecule has 1 aromatic rings. The fraction of sp³-hybridized carbons (Fsp3) is 0.529. The van der Waals surface area contributed by atoms with Gasteiger partial charge >= 0.3 is 5.97 Å². The Morgan fingerprint density at radius 3 is 2.38 bits per heavy atom. The molecule has 1 aromatic carbocycles. The van der Waals surface area contributed by atoms with Gasteiger partial charge in [-0.3, -0.25) is 9.59 Å². The van der Waals surface area contributed by atoms with Crippen molar-refractivity contribution >= 4 is 11.9 Å². The van der Waals surface area contributed by atoms with Crippen LogP contribution in [-0.4, -0.2) is 35.0 Å². The Kier molecular flexibility index (Phi) is 4.66. The molecule has 0 spiro atoms. The van der Waals surface area contributed by atoms with Crippen LogP contribution < -0.4 is 0 Å². The number of rotatable bonds is 7. The van der Waals surface area contributed by atoms with E-state index in [1.807, 2.05) is 25.1 Å². The molecule has 4 nitrogen and oxygen atoms in total. The second-order valence-electron chi connectivity index (χ2n) is 6.06. The third kappa shape index (κ3) is 3.63. The molecular weight excluding hydrogens is 266 g/mol. The molecule has 1 amide bonds. The van der Waals surface area contributed by atoms with E-state index in [0.717, 1.165) is 6.54 Å². The lowest BCUT2D eigenvalue weighted by atomic mass is 9.79. The first-order chi connectivity index (χ1) is 9.97. The Morgan fingerprint density at radius 1 is 1.29 bits per heavy atom. The third-order valence-corrected chi connectivity index (χ3v) is 4.30. The lowest BCUT2D eigenvalue weighted by molar-refractivity contribution is -0.147. The molecule has 1 saturated carbocycles. The van der Waals surface area contributed by atoms with E-state index in [0.29, 0.717) is 18.0 Å². The summed E-state index contributed by atoms with van der Waals surface area (Å²) in [5, 5.41) is 9.61. The largest absolute Gasteiger partial charge is 0.481 e. The number of carboxylic acid groups (broad SMARTS) is 1. The Hall–Kier alpha value is -1.84. The van der Waals surface area contributed by atoms with Crippen LogP contribution in [0.2, 0.25) is 0 Å². The van der Waals surface area contributed by atoms with Crippen molar-refractivity contribution in [2.45, 2.75) is 38.5 Å². The number of amides is 1. The fourth-order valence-corrected chi connectivity index (χ4v) is 2.54. The normalized spacial score (nSPS) is 17.0. The van der Waals surface area contributed by atoms with Crippen molar-refractivity contribution in [2.24, 2.45) is 5.92 Å². The summed E-state index contributed by atoms with van der Waals surface area (Å²) in [5.41, 5.74) is -0.497. The van der Waals surface area contributed by atoms with Crippen molar-refractivity contribution in [2.75, 3.05) is 13.1 Å². The number of aliphatic carboxylic acids is 1. The molecule has 0 bridgehead atoms. The summed E-state index contributed by atoms with van der Waals surface area (Å²) in [6.07, 6.45) is 2.37. The van der Waals surface area contributed by atoms with E-state index < -0.39 is 11.4 Å². The van der Waals surface area contributed by atoms with Crippen LogP contribution in [0.5, 0.6) is 0 Å². The summed E-state index contributed by atoms with van der Waals surface area (Å²) in [4.78, 5) is 26.0. The zero-order valence-electron chi connectivity index (χ0n) is 12.7. The van der Waals surface area contributed by atoms with E-state index in [1.54, 1.807) is 24.0 Å². The fourth-order valence-electron chi connectivity index (χ4n) is 2.54. The van der Waals surface area contributed by atoms with Crippen LogP contribution in [0.3, 0.4) is 0 Å². The Morgan fingerprint density at radius 2 is 1.90 bits per heavy atom. The van der Waals surface area contributed by atoms with Gasteiger partial charge in [0.25, 0.3) is 0 Å². The number of benzene rings is 1. The smallest absolute Gasteiger partial charge is 0.314 e. The topological polar surface area (TPSA) is 57.6 Å². The standard InChI is InChI=1S/C17H23NO3/c1-3-18(12-13-9-10-13)15(19)11-17(2,16(20)21)14-7-5-4-6-8-14/h4-8,13H,3,9-12H2,1-2H3,(H,20,21). The molecule has 21 heavy (non-hydrogen) atoms. The van der Waals surface area contributed by atoms with E-state index in [4.69, 9.17) is 0 Å². The number of hydrogen-bond donors (Lipinski definition) is 1. The Balaban J connectivity index is 2.15. The highest BCUT2D eigenvalue weighted by Crippen LogP contribution is 2.32. The highest BCUT2D eigenvalue weighted by Gasteiger charge is 2.39. The van der Waals surface area contributed by atoms with Crippen LogP contribution in [0.4, 0.5) is 0 Å². The monoisotopic (exact) mass is 289 g/mol. The van der Waals surface area contributed by atoms with Gasteiger partial charge in [0.1, 0.15) is 0 Å². The van der Waals surface area contributed by atoms with Gasteiger partial charge in [0.05, 0.1) is 5.41 Å². The van der Waals surface area contributed by atoms with Gasteiger partial charge in [-0.05, 0) is 38.2 Å². The maximum absolute atomic E-state index is 12.5. The predicted molar refractivity (Wildman–Crippen MR) is 81.0 cm³/mol. The van der Waals surface area contributed by atoms with Crippen LogP contribution >= 0.6 is 0 Å². The third-order valence-electron chi connectivity index (χ3n) is 4.30. The summed E-state index contributed by atoms with van der Waals surface area (Å²) in [7, 11) is 0. The maximum Gasteiger partial charge on any atom is 0.314 e. The lowest BCUT2D eigenvalue weighted by Crippen LogP contribution is -2.41. The van der Waals surface area contributed by atoms with Crippen LogP contribution in [0.15, 0.2) is 30.3 Å². The second-order valence-corrected chi connectivity index (χ2v) is 6.06. The van der Waals surface area contributed by atoms with Gasteiger partial charge in [-0.2, -0.15) is 0 Å². The number of carbonyl (C=O) groups excluding carboxylic acids is 1. The summed E-state index contributed by atoms with van der Waals surface area (Å²) in [6, 6.07) is 9.02. The molecule has 1 aliphatic carbocycles. The van der Waals surface area contributed by atoms with Crippen LogP contribution in [0, 0.1) is 5.92 Å².